The van der Waals surface area contributed by atoms with Crippen LogP contribution >= 0.6 is 0 Å². The van der Waals surface area contributed by atoms with Crippen LogP contribution in [0.2, 0.25) is 0 Å². The summed E-state index contributed by atoms with van der Waals surface area (Å²) in [5.41, 5.74) is 2.77. The lowest BCUT2D eigenvalue weighted by molar-refractivity contribution is 0.106. The number of nitrogens with zero attached hydrogens (tertiary/aromatic N) is 2. The average Bonchev–Trinajstić information content (AvgIpc) is 2.16. The monoisotopic (exact) mass is 208 g/mol. The van der Waals surface area contributed by atoms with Gasteiger partial charge in [-0.15, -0.1) is 0 Å². The first-order valence-electron chi connectivity index (χ1n) is 5.34. The molecule has 3 nitrogen and oxygen atoms in total. The Morgan fingerprint density at radius 2 is 1.93 bits per heavy atom. The highest BCUT2D eigenvalue weighted by Crippen LogP contribution is 2.11. The summed E-state index contributed by atoms with van der Waals surface area (Å²) in [5, 5.41) is 7.71. The van der Waals surface area contributed by atoms with Crippen molar-refractivity contribution in [2.45, 2.75) is 40.7 Å². The molecule has 0 spiro atoms. The van der Waals surface area contributed by atoms with Gasteiger partial charge in [-0.25, -0.2) is 0 Å². The third-order valence-electron chi connectivity index (χ3n) is 1.65. The molecule has 0 aliphatic carbocycles. The van der Waals surface area contributed by atoms with Gasteiger partial charge in [0, 0.05) is 6.20 Å². The van der Waals surface area contributed by atoms with Gasteiger partial charge in [0.25, 0.3) is 0 Å². The van der Waals surface area contributed by atoms with E-state index < -0.39 is 0 Å². The lowest BCUT2D eigenvalue weighted by Gasteiger charge is -2.12. The van der Waals surface area contributed by atoms with Gasteiger partial charge in [0.15, 0.2) is 0 Å². The molecule has 0 bridgehead atoms. The molecule has 1 aliphatic heterocycles. The van der Waals surface area contributed by atoms with Crippen molar-refractivity contribution >= 4 is 0 Å². The van der Waals surface area contributed by atoms with E-state index in [-0.39, 0.29) is 0 Å². The van der Waals surface area contributed by atoms with E-state index in [2.05, 4.69) is 37.9 Å². The van der Waals surface area contributed by atoms with Crippen molar-refractivity contribution in [2.24, 2.45) is 5.41 Å². The van der Waals surface area contributed by atoms with E-state index in [0.29, 0.717) is 12.0 Å². The number of fused-ring (bicyclic) bond motifs is 1. The van der Waals surface area contributed by atoms with Crippen molar-refractivity contribution in [3.05, 3.63) is 23.5 Å². The summed E-state index contributed by atoms with van der Waals surface area (Å²) in [7, 11) is 0. The van der Waals surface area contributed by atoms with Crippen molar-refractivity contribution in [3.63, 3.8) is 0 Å². The van der Waals surface area contributed by atoms with Crippen LogP contribution in [0.5, 0.6) is 0 Å². The molecule has 0 fully saturated rings. The lowest BCUT2D eigenvalue weighted by Crippen LogP contribution is -2.11. The molecule has 0 radical (unpaired) electrons. The van der Waals surface area contributed by atoms with Gasteiger partial charge in [0.2, 0.25) is 0 Å². The topological polar surface area (TPSA) is 35.0 Å². The summed E-state index contributed by atoms with van der Waals surface area (Å²) >= 11 is 0. The van der Waals surface area contributed by atoms with Crippen LogP contribution in [0.1, 0.15) is 39.0 Å². The zero-order valence-electron chi connectivity index (χ0n) is 10.1. The van der Waals surface area contributed by atoms with Gasteiger partial charge in [-0.1, -0.05) is 27.7 Å². The molecule has 0 aromatic carbocycles. The van der Waals surface area contributed by atoms with Crippen LogP contribution in [-0.2, 0) is 17.8 Å². The molecule has 15 heavy (non-hydrogen) atoms. The van der Waals surface area contributed by atoms with Crippen molar-refractivity contribution in [3.8, 4) is 0 Å². The normalized spacial score (nSPS) is 14.9. The molecule has 2 rings (SSSR count). The number of aromatic nitrogens is 2. The predicted octanol–water partition coefficient (Wildman–Crippen LogP) is 2.60. The van der Waals surface area contributed by atoms with E-state index in [1.54, 1.807) is 6.20 Å². The predicted molar refractivity (Wildman–Crippen MR) is 60.5 cm³/mol. The second-order valence-corrected chi connectivity index (χ2v) is 5.31. The molecule has 2 heterocycles. The second-order valence-electron chi connectivity index (χ2n) is 5.31. The molecule has 1 aromatic rings. The minimum Gasteiger partial charge on any atom is -0.375 e. The third-order valence-corrected chi connectivity index (χ3v) is 1.65. The van der Waals surface area contributed by atoms with Crippen LogP contribution in [-0.4, -0.2) is 16.8 Å². The maximum atomic E-state index is 5.19. The first-order chi connectivity index (χ1) is 6.97. The highest BCUT2D eigenvalue weighted by molar-refractivity contribution is 5.18. The Labute approximate surface area is 91.9 Å². The van der Waals surface area contributed by atoms with Crippen LogP contribution in [0.4, 0.5) is 0 Å². The fourth-order valence-electron chi connectivity index (χ4n) is 1.09. The number of rotatable bonds is 0. The lowest BCUT2D eigenvalue weighted by atomic mass is 10.0. The van der Waals surface area contributed by atoms with Gasteiger partial charge < -0.3 is 4.74 Å². The first-order valence-corrected chi connectivity index (χ1v) is 5.34. The maximum absolute atomic E-state index is 5.19. The van der Waals surface area contributed by atoms with Crippen LogP contribution in [0, 0.1) is 5.41 Å². The van der Waals surface area contributed by atoms with Gasteiger partial charge in [0.05, 0.1) is 18.9 Å². The van der Waals surface area contributed by atoms with E-state index in [9.17, 15) is 0 Å². The Kier molecular flexibility index (Phi) is 4.21. The SMILES string of the molecule is CC(C)(C)C.c1cc2c(nn1)COCC2. The molecule has 1 aromatic heterocycles. The van der Waals surface area contributed by atoms with Crippen LogP contribution in [0.25, 0.3) is 0 Å². The summed E-state index contributed by atoms with van der Waals surface area (Å²) in [6.45, 7) is 10.2. The van der Waals surface area contributed by atoms with Gasteiger partial charge in [-0.3, -0.25) is 0 Å². The third kappa shape index (κ3) is 5.47. The van der Waals surface area contributed by atoms with Crippen molar-refractivity contribution in [1.82, 2.24) is 10.2 Å². The largest absolute Gasteiger partial charge is 0.375 e. The fraction of sp³-hybridized carbons (Fsp3) is 0.667. The molecule has 0 amide bonds. The Morgan fingerprint density at radius 1 is 1.27 bits per heavy atom. The van der Waals surface area contributed by atoms with E-state index in [0.717, 1.165) is 18.7 Å². The molecule has 1 aliphatic rings. The summed E-state index contributed by atoms with van der Waals surface area (Å²) < 4.78 is 5.19. The molecule has 0 unspecified atom stereocenters. The number of ether oxygens (including phenoxy) is 1. The summed E-state index contributed by atoms with van der Waals surface area (Å²) in [6.07, 6.45) is 2.70. The Hall–Kier alpha value is -0.960. The van der Waals surface area contributed by atoms with E-state index in [1.807, 2.05) is 6.07 Å². The zero-order chi connectivity index (χ0) is 11.3. The van der Waals surface area contributed by atoms with Crippen molar-refractivity contribution in [1.29, 1.82) is 0 Å². The fourth-order valence-corrected chi connectivity index (χ4v) is 1.09. The highest BCUT2D eigenvalue weighted by Gasteiger charge is 2.08. The smallest absolute Gasteiger partial charge is 0.0920 e. The Balaban J connectivity index is 0.000000195. The van der Waals surface area contributed by atoms with Gasteiger partial charge in [-0.2, -0.15) is 10.2 Å². The highest BCUT2D eigenvalue weighted by atomic mass is 16.5. The molecule has 0 N–H and O–H groups in total. The quantitative estimate of drug-likeness (QED) is 0.657. The number of hydrogen-bond donors (Lipinski definition) is 0. The van der Waals surface area contributed by atoms with E-state index in [4.69, 9.17) is 4.74 Å². The summed E-state index contributed by atoms with van der Waals surface area (Å²) in [5.74, 6) is 0. The first kappa shape index (κ1) is 12.1. The van der Waals surface area contributed by atoms with Gasteiger partial charge in [0.1, 0.15) is 0 Å². The zero-order valence-corrected chi connectivity index (χ0v) is 10.1. The van der Waals surface area contributed by atoms with Crippen molar-refractivity contribution < 1.29 is 4.74 Å². The molecule has 0 saturated carbocycles. The van der Waals surface area contributed by atoms with Gasteiger partial charge >= 0.3 is 0 Å². The minimum atomic E-state index is 0.500. The van der Waals surface area contributed by atoms with Crippen molar-refractivity contribution in [2.75, 3.05) is 6.61 Å². The summed E-state index contributed by atoms with van der Waals surface area (Å²) in [4.78, 5) is 0. The van der Waals surface area contributed by atoms with Crippen LogP contribution in [0.3, 0.4) is 0 Å². The summed E-state index contributed by atoms with van der Waals surface area (Å²) in [6, 6.07) is 2.00. The van der Waals surface area contributed by atoms with E-state index >= 15 is 0 Å². The van der Waals surface area contributed by atoms with Gasteiger partial charge in [-0.05, 0) is 23.5 Å². The Morgan fingerprint density at radius 3 is 2.53 bits per heavy atom. The Bertz CT molecular complexity index is 274. The molecule has 0 saturated heterocycles. The molecule has 3 heteroatoms. The van der Waals surface area contributed by atoms with Crippen LogP contribution < -0.4 is 0 Å². The standard InChI is InChI=1S/C7H8N2O.C5H12/c1-3-8-9-7-5-10-4-2-6(1)7;1-5(2,3)4/h1,3H,2,4-5H2;1-4H3. The second kappa shape index (κ2) is 5.21. The minimum absolute atomic E-state index is 0.500. The molecule has 0 atom stereocenters. The molecular weight excluding hydrogens is 188 g/mol. The van der Waals surface area contributed by atoms with Crippen LogP contribution in [0.15, 0.2) is 12.3 Å². The number of hydrogen-bond acceptors (Lipinski definition) is 3. The maximum Gasteiger partial charge on any atom is 0.0920 e. The molecular formula is C12H20N2O. The molecule has 84 valence electrons. The van der Waals surface area contributed by atoms with E-state index in [1.165, 1.54) is 5.56 Å². The average molecular weight is 208 g/mol.